The third-order valence-electron chi connectivity index (χ3n) is 3.66. The lowest BCUT2D eigenvalue weighted by atomic mass is 10.1. The molecule has 0 fully saturated rings. The summed E-state index contributed by atoms with van der Waals surface area (Å²) in [5, 5.41) is 2.95. The Morgan fingerprint density at radius 1 is 0.952 bits per heavy atom. The first-order valence-corrected chi connectivity index (χ1v) is 9.07. The summed E-state index contributed by atoms with van der Waals surface area (Å²) in [7, 11) is 0. The van der Waals surface area contributed by atoms with Crippen molar-refractivity contribution in [2.45, 2.75) is 71.1 Å². The van der Waals surface area contributed by atoms with E-state index in [0.717, 1.165) is 23.0 Å². The van der Waals surface area contributed by atoms with Crippen molar-refractivity contribution < 1.29 is 4.79 Å². The molecule has 1 aromatic rings. The molecule has 0 aliphatic carbocycles. The summed E-state index contributed by atoms with van der Waals surface area (Å²) in [6.07, 6.45) is 12.1. The number of benzene rings is 1. The van der Waals surface area contributed by atoms with Crippen molar-refractivity contribution in [3.63, 3.8) is 0 Å². The lowest BCUT2D eigenvalue weighted by molar-refractivity contribution is -0.116. The number of para-hydroxylation sites is 1. The average molecular weight is 354 g/mol. The van der Waals surface area contributed by atoms with Crippen LogP contribution in [0.15, 0.2) is 28.7 Å². The van der Waals surface area contributed by atoms with Gasteiger partial charge in [0.25, 0.3) is 0 Å². The summed E-state index contributed by atoms with van der Waals surface area (Å²) in [5.41, 5.74) is 0.860. The zero-order chi connectivity index (χ0) is 15.3. The van der Waals surface area contributed by atoms with E-state index in [1.807, 2.05) is 24.3 Å². The van der Waals surface area contributed by atoms with Gasteiger partial charge in [-0.1, -0.05) is 70.4 Å². The number of unbranched alkanes of at least 4 members (excludes halogenated alkanes) is 8. The molecular formula is C18H28BrNO. The lowest BCUT2D eigenvalue weighted by Crippen LogP contribution is -2.11. The smallest absolute Gasteiger partial charge is 0.224 e. The zero-order valence-electron chi connectivity index (χ0n) is 13.2. The van der Waals surface area contributed by atoms with E-state index in [-0.39, 0.29) is 5.91 Å². The fourth-order valence-corrected chi connectivity index (χ4v) is 2.76. The Balaban J connectivity index is 2.00. The van der Waals surface area contributed by atoms with Gasteiger partial charge in [0, 0.05) is 10.9 Å². The summed E-state index contributed by atoms with van der Waals surface area (Å²) in [6.45, 7) is 2.25. The largest absolute Gasteiger partial charge is 0.325 e. The van der Waals surface area contributed by atoms with Gasteiger partial charge in [-0.05, 0) is 34.5 Å². The topological polar surface area (TPSA) is 29.1 Å². The van der Waals surface area contributed by atoms with Crippen LogP contribution in [0.25, 0.3) is 0 Å². The molecule has 118 valence electrons. The van der Waals surface area contributed by atoms with E-state index in [9.17, 15) is 4.79 Å². The van der Waals surface area contributed by atoms with Crippen molar-refractivity contribution >= 4 is 27.5 Å². The second kappa shape index (κ2) is 11.8. The van der Waals surface area contributed by atoms with Crippen LogP contribution in [0.2, 0.25) is 0 Å². The molecule has 0 spiro atoms. The molecule has 21 heavy (non-hydrogen) atoms. The van der Waals surface area contributed by atoms with Crippen molar-refractivity contribution in [1.29, 1.82) is 0 Å². The Hall–Kier alpha value is -0.830. The van der Waals surface area contributed by atoms with Gasteiger partial charge in [-0.15, -0.1) is 0 Å². The van der Waals surface area contributed by atoms with Crippen molar-refractivity contribution in [1.82, 2.24) is 0 Å². The molecule has 1 rings (SSSR count). The number of carbonyl (C=O) groups is 1. The maximum absolute atomic E-state index is 11.8. The third-order valence-corrected chi connectivity index (χ3v) is 4.35. The van der Waals surface area contributed by atoms with Gasteiger partial charge in [-0.25, -0.2) is 0 Å². The molecule has 0 saturated heterocycles. The number of nitrogens with one attached hydrogen (secondary N) is 1. The predicted molar refractivity (Wildman–Crippen MR) is 94.6 cm³/mol. The van der Waals surface area contributed by atoms with E-state index in [1.54, 1.807) is 0 Å². The first-order chi connectivity index (χ1) is 10.2. The van der Waals surface area contributed by atoms with Gasteiger partial charge in [-0.2, -0.15) is 0 Å². The standard InChI is InChI=1S/C18H28BrNO/c1-2-3-4-5-6-7-8-9-10-15-18(21)20-17-14-12-11-13-16(17)19/h11-14H,2-10,15H2,1H3,(H,20,21). The highest BCUT2D eigenvalue weighted by atomic mass is 79.9. The SMILES string of the molecule is CCCCCCCCCCCC(=O)Nc1ccccc1Br. The van der Waals surface area contributed by atoms with Crippen LogP contribution in [0, 0.1) is 0 Å². The molecule has 1 N–H and O–H groups in total. The molecule has 0 heterocycles. The van der Waals surface area contributed by atoms with E-state index < -0.39 is 0 Å². The quantitative estimate of drug-likeness (QED) is 0.464. The summed E-state index contributed by atoms with van der Waals surface area (Å²) in [4.78, 5) is 11.8. The minimum absolute atomic E-state index is 0.116. The Morgan fingerprint density at radius 2 is 1.52 bits per heavy atom. The Morgan fingerprint density at radius 3 is 2.14 bits per heavy atom. The molecule has 0 aromatic heterocycles. The monoisotopic (exact) mass is 353 g/mol. The minimum Gasteiger partial charge on any atom is -0.325 e. The molecular weight excluding hydrogens is 326 g/mol. The second-order valence-electron chi connectivity index (χ2n) is 5.61. The number of hydrogen-bond donors (Lipinski definition) is 1. The van der Waals surface area contributed by atoms with E-state index >= 15 is 0 Å². The molecule has 0 saturated carbocycles. The van der Waals surface area contributed by atoms with Gasteiger partial charge >= 0.3 is 0 Å². The van der Waals surface area contributed by atoms with Crippen LogP contribution in [0.3, 0.4) is 0 Å². The van der Waals surface area contributed by atoms with Crippen LogP contribution in [0.5, 0.6) is 0 Å². The van der Waals surface area contributed by atoms with E-state index in [0.29, 0.717) is 6.42 Å². The van der Waals surface area contributed by atoms with Crippen LogP contribution in [0.4, 0.5) is 5.69 Å². The first-order valence-electron chi connectivity index (χ1n) is 8.28. The van der Waals surface area contributed by atoms with Crippen LogP contribution >= 0.6 is 15.9 Å². The molecule has 0 aliphatic rings. The summed E-state index contributed by atoms with van der Waals surface area (Å²) < 4.78 is 0.936. The van der Waals surface area contributed by atoms with Gasteiger partial charge < -0.3 is 5.32 Å². The number of anilines is 1. The minimum atomic E-state index is 0.116. The van der Waals surface area contributed by atoms with Gasteiger partial charge in [0.15, 0.2) is 0 Å². The highest BCUT2D eigenvalue weighted by Gasteiger charge is 2.04. The van der Waals surface area contributed by atoms with E-state index in [2.05, 4.69) is 28.2 Å². The Labute approximate surface area is 137 Å². The average Bonchev–Trinajstić information content (AvgIpc) is 2.48. The fraction of sp³-hybridized carbons (Fsp3) is 0.611. The second-order valence-corrected chi connectivity index (χ2v) is 6.46. The lowest BCUT2D eigenvalue weighted by Gasteiger charge is -2.07. The number of amides is 1. The van der Waals surface area contributed by atoms with Crippen LogP contribution < -0.4 is 5.32 Å². The molecule has 0 unspecified atom stereocenters. The molecule has 1 aromatic carbocycles. The Bertz CT molecular complexity index is 406. The van der Waals surface area contributed by atoms with Crippen molar-refractivity contribution in [2.24, 2.45) is 0 Å². The number of halogens is 1. The third kappa shape index (κ3) is 8.92. The summed E-state index contributed by atoms with van der Waals surface area (Å²) >= 11 is 3.44. The number of carbonyl (C=O) groups excluding carboxylic acids is 1. The van der Waals surface area contributed by atoms with Gasteiger partial charge in [0.2, 0.25) is 5.91 Å². The van der Waals surface area contributed by atoms with Crippen LogP contribution in [-0.2, 0) is 4.79 Å². The predicted octanol–water partition coefficient (Wildman–Crippen LogP) is 6.31. The van der Waals surface area contributed by atoms with Crippen molar-refractivity contribution in [3.8, 4) is 0 Å². The fourth-order valence-electron chi connectivity index (χ4n) is 2.37. The van der Waals surface area contributed by atoms with Gasteiger partial charge in [-0.3, -0.25) is 4.79 Å². The van der Waals surface area contributed by atoms with E-state index in [1.165, 1.54) is 44.9 Å². The summed E-state index contributed by atoms with van der Waals surface area (Å²) in [6, 6.07) is 7.73. The molecule has 0 aliphatic heterocycles. The maximum Gasteiger partial charge on any atom is 0.224 e. The summed E-state index contributed by atoms with van der Waals surface area (Å²) in [5.74, 6) is 0.116. The normalized spacial score (nSPS) is 10.6. The molecule has 0 bridgehead atoms. The maximum atomic E-state index is 11.8. The van der Waals surface area contributed by atoms with Gasteiger partial charge in [0.05, 0.1) is 5.69 Å². The number of hydrogen-bond acceptors (Lipinski definition) is 1. The van der Waals surface area contributed by atoms with Crippen molar-refractivity contribution in [3.05, 3.63) is 28.7 Å². The number of rotatable bonds is 11. The molecule has 0 atom stereocenters. The van der Waals surface area contributed by atoms with E-state index in [4.69, 9.17) is 0 Å². The zero-order valence-corrected chi connectivity index (χ0v) is 14.8. The van der Waals surface area contributed by atoms with Gasteiger partial charge in [0.1, 0.15) is 0 Å². The first kappa shape index (κ1) is 18.2. The van der Waals surface area contributed by atoms with Crippen LogP contribution in [-0.4, -0.2) is 5.91 Å². The highest BCUT2D eigenvalue weighted by Crippen LogP contribution is 2.21. The Kier molecular flexibility index (Phi) is 10.2. The van der Waals surface area contributed by atoms with Crippen molar-refractivity contribution in [2.75, 3.05) is 5.32 Å². The molecule has 0 radical (unpaired) electrons. The highest BCUT2D eigenvalue weighted by molar-refractivity contribution is 9.10. The molecule has 3 heteroatoms. The molecule has 1 amide bonds. The van der Waals surface area contributed by atoms with Crippen LogP contribution in [0.1, 0.15) is 71.1 Å². The molecule has 2 nitrogen and oxygen atoms in total.